The molecule has 8 heteroatoms. The van der Waals surface area contributed by atoms with Gasteiger partial charge < -0.3 is 5.73 Å². The molecule has 0 aliphatic carbocycles. The summed E-state index contributed by atoms with van der Waals surface area (Å²) in [6, 6.07) is 5.79. The number of aryl methyl sites for hydroxylation is 1. The smallest absolute Gasteiger partial charge is 0.294 e. The first kappa shape index (κ1) is 18.8. The zero-order valence-corrected chi connectivity index (χ0v) is 13.1. The SMILES string of the molecule is C[C@@H](N)/C=C/S(C)(=O)=O.Cc1ccc(S(=O)(=O)O)cc1. The van der Waals surface area contributed by atoms with Crippen LogP contribution in [0.5, 0.6) is 0 Å². The van der Waals surface area contributed by atoms with E-state index in [2.05, 4.69) is 0 Å². The lowest BCUT2D eigenvalue weighted by Gasteiger charge is -1.95. The van der Waals surface area contributed by atoms with Crippen LogP contribution in [0.15, 0.2) is 40.6 Å². The lowest BCUT2D eigenvalue weighted by Crippen LogP contribution is -2.10. The van der Waals surface area contributed by atoms with E-state index in [1.165, 1.54) is 18.2 Å². The highest BCUT2D eigenvalue weighted by Gasteiger charge is 2.06. The van der Waals surface area contributed by atoms with Gasteiger partial charge in [0.1, 0.15) is 0 Å². The van der Waals surface area contributed by atoms with E-state index in [0.717, 1.165) is 17.2 Å². The molecule has 0 unspecified atom stereocenters. The van der Waals surface area contributed by atoms with Crippen molar-refractivity contribution in [1.82, 2.24) is 0 Å². The summed E-state index contributed by atoms with van der Waals surface area (Å²) in [7, 11) is -7.00. The molecule has 0 saturated heterocycles. The molecule has 0 amide bonds. The first-order valence-electron chi connectivity index (χ1n) is 5.60. The van der Waals surface area contributed by atoms with Gasteiger partial charge >= 0.3 is 0 Å². The Balaban J connectivity index is 0.000000370. The molecule has 0 aliphatic heterocycles. The Labute approximate surface area is 120 Å². The third-order valence-corrected chi connectivity index (χ3v) is 3.47. The monoisotopic (exact) mass is 321 g/mol. The van der Waals surface area contributed by atoms with Crippen molar-refractivity contribution in [2.24, 2.45) is 5.73 Å². The molecule has 0 bridgehead atoms. The quantitative estimate of drug-likeness (QED) is 0.807. The molecule has 0 spiro atoms. The van der Waals surface area contributed by atoms with Crippen LogP contribution in [-0.4, -0.2) is 33.7 Å². The van der Waals surface area contributed by atoms with Crippen LogP contribution >= 0.6 is 0 Å². The fraction of sp³-hybridized carbons (Fsp3) is 0.333. The molecular weight excluding hydrogens is 302 g/mol. The normalized spacial score (nSPS) is 13.7. The van der Waals surface area contributed by atoms with Gasteiger partial charge in [-0.05, 0) is 26.0 Å². The number of rotatable bonds is 3. The van der Waals surface area contributed by atoms with Crippen molar-refractivity contribution < 1.29 is 21.4 Å². The van der Waals surface area contributed by atoms with Gasteiger partial charge in [-0.15, -0.1) is 0 Å². The van der Waals surface area contributed by atoms with Gasteiger partial charge in [0.2, 0.25) is 0 Å². The Morgan fingerprint density at radius 2 is 1.60 bits per heavy atom. The van der Waals surface area contributed by atoms with E-state index in [-0.39, 0.29) is 10.9 Å². The molecular formula is C12H19NO5S2. The molecule has 6 nitrogen and oxygen atoms in total. The molecule has 0 aromatic heterocycles. The first-order chi connectivity index (χ1) is 8.92. The molecule has 0 heterocycles. The Morgan fingerprint density at radius 3 is 1.85 bits per heavy atom. The number of hydrogen-bond donors (Lipinski definition) is 2. The Morgan fingerprint density at radius 1 is 1.15 bits per heavy atom. The van der Waals surface area contributed by atoms with Crippen molar-refractivity contribution in [3.05, 3.63) is 41.3 Å². The number of hydrogen-bond acceptors (Lipinski definition) is 5. The molecule has 0 radical (unpaired) electrons. The van der Waals surface area contributed by atoms with Gasteiger partial charge in [-0.2, -0.15) is 8.42 Å². The molecule has 0 fully saturated rings. The Kier molecular flexibility index (Phi) is 7.07. The van der Waals surface area contributed by atoms with E-state index in [1.807, 2.05) is 6.92 Å². The number of nitrogens with two attached hydrogens (primary N) is 1. The topological polar surface area (TPSA) is 115 Å². The van der Waals surface area contributed by atoms with Gasteiger partial charge in [-0.25, -0.2) is 8.42 Å². The van der Waals surface area contributed by atoms with Crippen LogP contribution in [0.4, 0.5) is 0 Å². The third-order valence-electron chi connectivity index (χ3n) is 1.95. The minimum Gasteiger partial charge on any atom is -0.325 e. The van der Waals surface area contributed by atoms with Crippen LogP contribution in [0.25, 0.3) is 0 Å². The van der Waals surface area contributed by atoms with Crippen LogP contribution in [0.2, 0.25) is 0 Å². The van der Waals surface area contributed by atoms with E-state index in [9.17, 15) is 16.8 Å². The van der Waals surface area contributed by atoms with Gasteiger partial charge in [-0.3, -0.25) is 4.55 Å². The van der Waals surface area contributed by atoms with E-state index < -0.39 is 20.0 Å². The summed E-state index contributed by atoms with van der Waals surface area (Å²) in [5.74, 6) is 0. The van der Waals surface area contributed by atoms with Gasteiger partial charge in [0.05, 0.1) is 4.90 Å². The second-order valence-electron chi connectivity index (χ2n) is 4.31. The van der Waals surface area contributed by atoms with Crippen molar-refractivity contribution in [3.63, 3.8) is 0 Å². The van der Waals surface area contributed by atoms with Crippen molar-refractivity contribution in [1.29, 1.82) is 0 Å². The molecule has 1 aromatic carbocycles. The van der Waals surface area contributed by atoms with Crippen LogP contribution < -0.4 is 5.73 Å². The number of benzene rings is 1. The summed E-state index contributed by atoms with van der Waals surface area (Å²) >= 11 is 0. The predicted molar refractivity (Wildman–Crippen MR) is 78.6 cm³/mol. The molecule has 114 valence electrons. The van der Waals surface area contributed by atoms with Crippen LogP contribution in [0.1, 0.15) is 12.5 Å². The highest BCUT2D eigenvalue weighted by Crippen LogP contribution is 2.08. The van der Waals surface area contributed by atoms with Crippen molar-refractivity contribution in [3.8, 4) is 0 Å². The molecule has 1 aromatic rings. The maximum Gasteiger partial charge on any atom is 0.294 e. The van der Waals surface area contributed by atoms with Gasteiger partial charge in [0.15, 0.2) is 9.84 Å². The standard InChI is InChI=1S/C7H8O3S.C5H11NO2S/c1-6-2-4-7(5-3-6)11(8,9)10;1-5(6)3-4-9(2,7)8/h2-5H,1H3,(H,8,9,10);3-5H,6H2,1-2H3/b;4-3+/t;5-/m.1/s1. The van der Waals surface area contributed by atoms with E-state index in [0.29, 0.717) is 0 Å². The minimum absolute atomic E-state index is 0.0666. The maximum atomic E-state index is 10.5. The summed E-state index contributed by atoms with van der Waals surface area (Å²) in [6.45, 7) is 3.55. The zero-order chi connectivity index (χ0) is 16.0. The van der Waals surface area contributed by atoms with Crippen LogP contribution in [0.3, 0.4) is 0 Å². The number of sulfone groups is 1. The lowest BCUT2D eigenvalue weighted by atomic mass is 10.2. The average molecular weight is 321 g/mol. The highest BCUT2D eigenvalue weighted by molar-refractivity contribution is 7.93. The molecule has 3 N–H and O–H groups in total. The van der Waals surface area contributed by atoms with Gasteiger partial charge in [-0.1, -0.05) is 23.8 Å². The fourth-order valence-corrected chi connectivity index (χ4v) is 1.99. The summed E-state index contributed by atoms with van der Waals surface area (Å²) in [4.78, 5) is -0.0666. The maximum absolute atomic E-state index is 10.5. The van der Waals surface area contributed by atoms with Crippen molar-refractivity contribution in [2.75, 3.05) is 6.26 Å². The molecule has 1 atom stereocenters. The van der Waals surface area contributed by atoms with Crippen LogP contribution in [0, 0.1) is 6.92 Å². The first-order valence-corrected chi connectivity index (χ1v) is 8.99. The summed E-state index contributed by atoms with van der Waals surface area (Å²) in [5, 5.41) is 1.11. The van der Waals surface area contributed by atoms with E-state index in [4.69, 9.17) is 10.3 Å². The predicted octanol–water partition coefficient (Wildman–Crippen LogP) is 1.13. The average Bonchev–Trinajstić information content (AvgIpc) is 2.26. The van der Waals surface area contributed by atoms with E-state index in [1.54, 1.807) is 19.1 Å². The zero-order valence-electron chi connectivity index (χ0n) is 11.5. The fourth-order valence-electron chi connectivity index (χ4n) is 0.977. The van der Waals surface area contributed by atoms with Crippen LogP contribution in [-0.2, 0) is 20.0 Å². The summed E-state index contributed by atoms with van der Waals surface area (Å²) in [6.07, 6.45) is 2.57. The molecule has 0 saturated carbocycles. The molecule has 1 rings (SSSR count). The highest BCUT2D eigenvalue weighted by atomic mass is 32.2. The molecule has 20 heavy (non-hydrogen) atoms. The Bertz CT molecular complexity index is 644. The van der Waals surface area contributed by atoms with Crippen molar-refractivity contribution in [2.45, 2.75) is 24.8 Å². The van der Waals surface area contributed by atoms with Crippen molar-refractivity contribution >= 4 is 20.0 Å². The van der Waals surface area contributed by atoms with Gasteiger partial charge in [0, 0.05) is 17.7 Å². The third kappa shape index (κ3) is 9.68. The van der Waals surface area contributed by atoms with Gasteiger partial charge in [0.25, 0.3) is 10.1 Å². The second-order valence-corrected chi connectivity index (χ2v) is 7.66. The van der Waals surface area contributed by atoms with E-state index >= 15 is 0 Å². The second kappa shape index (κ2) is 7.53. The summed E-state index contributed by atoms with van der Waals surface area (Å²) in [5.41, 5.74) is 6.20. The molecule has 0 aliphatic rings. The minimum atomic E-state index is -4.02. The lowest BCUT2D eigenvalue weighted by molar-refractivity contribution is 0.483. The Hall–Kier alpha value is -1.22. The largest absolute Gasteiger partial charge is 0.325 e. The summed E-state index contributed by atoms with van der Waals surface area (Å²) < 4.78 is 50.3.